The number of fused-ring (bicyclic) bond motifs is 1. The number of para-hydroxylation sites is 2. The maximum atomic E-state index is 12.4. The van der Waals surface area contributed by atoms with E-state index in [4.69, 9.17) is 20.8 Å². The molecule has 1 amide bonds. The van der Waals surface area contributed by atoms with Crippen LogP contribution in [0.4, 0.5) is 5.69 Å². The molecule has 0 spiro atoms. The van der Waals surface area contributed by atoms with Crippen molar-refractivity contribution in [1.29, 1.82) is 0 Å². The van der Waals surface area contributed by atoms with E-state index < -0.39 is 17.4 Å². The number of carbonyl (C=O) groups is 1. The molecule has 0 aliphatic carbocycles. The van der Waals surface area contributed by atoms with Crippen molar-refractivity contribution >= 4 is 40.4 Å². The Bertz CT molecular complexity index is 1140. The molecule has 10 heteroatoms. The number of amides is 1. The maximum absolute atomic E-state index is 12.4. The minimum absolute atomic E-state index is 0.0429. The summed E-state index contributed by atoms with van der Waals surface area (Å²) in [4.78, 5) is 34.4. The van der Waals surface area contributed by atoms with Crippen LogP contribution in [0.2, 0.25) is 5.02 Å². The highest BCUT2D eigenvalue weighted by atomic mass is 35.5. The molecule has 0 atom stereocenters. The first-order valence-corrected chi connectivity index (χ1v) is 8.22. The molecule has 0 saturated carbocycles. The average molecular weight is 402 g/mol. The number of hydrogen-bond donors (Lipinski definition) is 1. The van der Waals surface area contributed by atoms with Gasteiger partial charge in [-0.05, 0) is 24.3 Å². The minimum atomic E-state index is -0.664. The number of nitro groups is 1. The number of hydrazone groups is 1. The molecule has 0 aliphatic rings. The van der Waals surface area contributed by atoms with Crippen molar-refractivity contribution < 1.29 is 18.9 Å². The zero-order valence-corrected chi connectivity index (χ0v) is 14.9. The fraction of sp³-hybridized carbons (Fsp3) is 0.0556. The van der Waals surface area contributed by atoms with Crippen molar-refractivity contribution in [2.24, 2.45) is 5.10 Å². The second-order valence-corrected chi connectivity index (χ2v) is 5.90. The van der Waals surface area contributed by atoms with Crippen LogP contribution in [0.3, 0.4) is 0 Å². The van der Waals surface area contributed by atoms with E-state index >= 15 is 0 Å². The van der Waals surface area contributed by atoms with E-state index in [0.717, 1.165) is 6.21 Å². The van der Waals surface area contributed by atoms with E-state index in [9.17, 15) is 19.7 Å². The fourth-order valence-corrected chi connectivity index (χ4v) is 2.46. The third-order valence-electron chi connectivity index (χ3n) is 3.57. The Morgan fingerprint density at radius 1 is 1.32 bits per heavy atom. The number of ether oxygens (including phenoxy) is 1. The summed E-state index contributed by atoms with van der Waals surface area (Å²) >= 11 is 5.88. The topological polar surface area (TPSA) is 124 Å². The molecule has 0 radical (unpaired) electrons. The fourth-order valence-electron chi connectivity index (χ4n) is 2.29. The Hall–Kier alpha value is -3.72. The second kappa shape index (κ2) is 8.31. The van der Waals surface area contributed by atoms with Gasteiger partial charge in [0.05, 0.1) is 22.1 Å². The highest BCUT2D eigenvalue weighted by molar-refractivity contribution is 6.31. The third kappa shape index (κ3) is 4.33. The number of hydrogen-bond acceptors (Lipinski definition) is 7. The van der Waals surface area contributed by atoms with Crippen LogP contribution < -0.4 is 15.6 Å². The lowest BCUT2D eigenvalue weighted by atomic mass is 10.2. The Morgan fingerprint density at radius 3 is 2.89 bits per heavy atom. The van der Waals surface area contributed by atoms with Gasteiger partial charge in [-0.2, -0.15) is 5.10 Å². The molecule has 1 heterocycles. The van der Waals surface area contributed by atoms with Crippen LogP contribution in [0.5, 0.6) is 5.75 Å². The normalized spacial score (nSPS) is 10.9. The van der Waals surface area contributed by atoms with Gasteiger partial charge in [-0.25, -0.2) is 5.43 Å². The van der Waals surface area contributed by atoms with E-state index in [-0.39, 0.29) is 27.8 Å². The summed E-state index contributed by atoms with van der Waals surface area (Å²) in [5.41, 5.74) is 2.02. The van der Waals surface area contributed by atoms with Crippen LogP contribution in [0, 0.1) is 10.1 Å². The van der Waals surface area contributed by atoms with Crippen molar-refractivity contribution in [3.8, 4) is 5.75 Å². The van der Waals surface area contributed by atoms with Gasteiger partial charge in [-0.1, -0.05) is 23.7 Å². The summed E-state index contributed by atoms with van der Waals surface area (Å²) in [5, 5.41) is 15.2. The largest absolute Gasteiger partial charge is 0.477 e. The van der Waals surface area contributed by atoms with Crippen molar-refractivity contribution in [3.63, 3.8) is 0 Å². The summed E-state index contributed by atoms with van der Waals surface area (Å²) in [6.45, 7) is -0.496. The third-order valence-corrected chi connectivity index (χ3v) is 3.81. The van der Waals surface area contributed by atoms with E-state index in [1.807, 2.05) is 0 Å². The number of nitrogens with zero attached hydrogens (tertiary/aromatic N) is 2. The molecule has 3 aromatic rings. The predicted octanol–water partition coefficient (Wildman–Crippen LogP) is 2.88. The molecule has 0 bridgehead atoms. The molecule has 1 N–H and O–H groups in total. The predicted molar refractivity (Wildman–Crippen MR) is 102 cm³/mol. The first-order chi connectivity index (χ1) is 13.5. The van der Waals surface area contributed by atoms with Gasteiger partial charge >= 0.3 is 5.69 Å². The lowest BCUT2D eigenvalue weighted by molar-refractivity contribution is -0.385. The summed E-state index contributed by atoms with van der Waals surface area (Å²) < 4.78 is 10.5. The summed E-state index contributed by atoms with van der Waals surface area (Å²) in [6.07, 6.45) is 2.33. The van der Waals surface area contributed by atoms with Gasteiger partial charge in [-0.3, -0.25) is 19.7 Å². The number of carbonyl (C=O) groups excluding carboxylic acids is 1. The molecule has 0 fully saturated rings. The highest BCUT2D eigenvalue weighted by Crippen LogP contribution is 2.25. The number of benzene rings is 2. The van der Waals surface area contributed by atoms with E-state index in [1.54, 1.807) is 18.2 Å². The lowest BCUT2D eigenvalue weighted by Gasteiger charge is -2.05. The van der Waals surface area contributed by atoms with Gasteiger partial charge in [-0.15, -0.1) is 0 Å². The molecule has 0 saturated heterocycles. The first-order valence-electron chi connectivity index (χ1n) is 7.85. The quantitative estimate of drug-likeness (QED) is 0.384. The van der Waals surface area contributed by atoms with E-state index in [0.29, 0.717) is 10.6 Å². The highest BCUT2D eigenvalue weighted by Gasteiger charge is 2.14. The molecule has 2 aromatic carbocycles. The van der Waals surface area contributed by atoms with Crippen LogP contribution in [-0.2, 0) is 4.79 Å². The molecule has 9 nitrogen and oxygen atoms in total. The van der Waals surface area contributed by atoms with Gasteiger partial charge in [0.15, 0.2) is 12.4 Å². The SMILES string of the molecule is O=C(COc1ccccc1[N+](=O)[O-])N/N=C/c1coc2ccc(Cl)cc2c1=O. The molecule has 0 aliphatic heterocycles. The average Bonchev–Trinajstić information content (AvgIpc) is 2.68. The second-order valence-electron chi connectivity index (χ2n) is 5.47. The zero-order valence-electron chi connectivity index (χ0n) is 14.1. The van der Waals surface area contributed by atoms with Crippen LogP contribution in [0.15, 0.2) is 63.0 Å². The number of nitro benzene ring substituents is 1. The smallest absolute Gasteiger partial charge is 0.310 e. The summed E-state index contributed by atoms with van der Waals surface area (Å²) in [7, 11) is 0. The zero-order chi connectivity index (χ0) is 20.1. The van der Waals surface area contributed by atoms with E-state index in [2.05, 4.69) is 10.5 Å². The van der Waals surface area contributed by atoms with Crippen LogP contribution in [0.25, 0.3) is 11.0 Å². The first kappa shape index (κ1) is 19.1. The molecule has 0 unspecified atom stereocenters. The molecule has 142 valence electrons. The van der Waals surface area contributed by atoms with Crippen LogP contribution in [0.1, 0.15) is 5.56 Å². The molecular weight excluding hydrogens is 390 g/mol. The molecule has 28 heavy (non-hydrogen) atoms. The van der Waals surface area contributed by atoms with Crippen molar-refractivity contribution in [2.45, 2.75) is 0 Å². The van der Waals surface area contributed by atoms with Gasteiger partial charge < -0.3 is 9.15 Å². The van der Waals surface area contributed by atoms with E-state index in [1.165, 1.54) is 30.5 Å². The molecule has 3 rings (SSSR count). The monoisotopic (exact) mass is 401 g/mol. The maximum Gasteiger partial charge on any atom is 0.310 e. The van der Waals surface area contributed by atoms with Crippen LogP contribution >= 0.6 is 11.6 Å². The van der Waals surface area contributed by atoms with Crippen molar-refractivity contribution in [3.05, 3.63) is 79.7 Å². The number of nitrogens with one attached hydrogen (secondary N) is 1. The van der Waals surface area contributed by atoms with Crippen molar-refractivity contribution in [2.75, 3.05) is 6.61 Å². The lowest BCUT2D eigenvalue weighted by Crippen LogP contribution is -2.25. The van der Waals surface area contributed by atoms with Crippen LogP contribution in [-0.4, -0.2) is 23.7 Å². The Morgan fingerprint density at radius 2 is 2.11 bits per heavy atom. The Labute approximate surface area is 162 Å². The Kier molecular flexibility index (Phi) is 5.66. The summed E-state index contributed by atoms with van der Waals surface area (Å²) in [6, 6.07) is 10.3. The standard InChI is InChI=1S/C18H12ClN3O6/c19-12-5-6-15-13(7-12)18(24)11(9-27-15)8-20-21-17(23)10-28-16-4-2-1-3-14(16)22(25)26/h1-9H,10H2,(H,21,23)/b20-8+. The van der Waals surface area contributed by atoms with Gasteiger partial charge in [0.25, 0.3) is 5.91 Å². The van der Waals surface area contributed by atoms with Crippen molar-refractivity contribution in [1.82, 2.24) is 5.43 Å². The van der Waals surface area contributed by atoms with Gasteiger partial charge in [0, 0.05) is 11.1 Å². The minimum Gasteiger partial charge on any atom is -0.477 e. The summed E-state index contributed by atoms with van der Waals surface area (Å²) in [5.74, 6) is -0.707. The number of halogens is 1. The molecular formula is C18H12ClN3O6. The van der Waals surface area contributed by atoms with Gasteiger partial charge in [0.1, 0.15) is 11.8 Å². The molecule has 1 aromatic heterocycles. The Balaban J connectivity index is 1.64. The van der Waals surface area contributed by atoms with Gasteiger partial charge in [0.2, 0.25) is 5.43 Å². The number of rotatable bonds is 6.